The molecule has 1 N–H and O–H groups in total. The van der Waals surface area contributed by atoms with Gasteiger partial charge in [-0.1, -0.05) is 41.4 Å². The zero-order valence-corrected chi connectivity index (χ0v) is 20.2. The fourth-order valence-electron chi connectivity index (χ4n) is 3.46. The molecule has 1 heterocycles. The fourth-order valence-corrected chi connectivity index (χ4v) is 3.98. The van der Waals surface area contributed by atoms with E-state index in [0.29, 0.717) is 16.7 Å². The average Bonchev–Trinajstić information content (AvgIpc) is 3.63. The SMILES string of the molecule is CC(C)Oc1nncc(Oc2cccc(C3CC3)c2)c1C(=O)NC[C@H](F)c1ccc(Cl)cc1Cl. The van der Waals surface area contributed by atoms with Gasteiger partial charge < -0.3 is 14.8 Å². The normalized spacial score (nSPS) is 14.1. The van der Waals surface area contributed by atoms with E-state index >= 15 is 0 Å². The maximum Gasteiger partial charge on any atom is 0.260 e. The van der Waals surface area contributed by atoms with Gasteiger partial charge in [0.2, 0.25) is 0 Å². The van der Waals surface area contributed by atoms with Gasteiger partial charge in [0.15, 0.2) is 5.75 Å². The van der Waals surface area contributed by atoms with Gasteiger partial charge in [-0.2, -0.15) is 5.10 Å². The zero-order chi connectivity index (χ0) is 24.2. The number of nitrogens with one attached hydrogen (secondary N) is 1. The minimum Gasteiger partial charge on any atom is -0.473 e. The minimum absolute atomic E-state index is 0.00304. The quantitative estimate of drug-likeness (QED) is 0.352. The Balaban J connectivity index is 1.56. The van der Waals surface area contributed by atoms with Crippen LogP contribution in [-0.4, -0.2) is 28.8 Å². The number of halogens is 3. The summed E-state index contributed by atoms with van der Waals surface area (Å²) in [6, 6.07) is 12.2. The molecule has 0 aliphatic heterocycles. The fraction of sp³-hybridized carbons (Fsp3) is 0.320. The molecule has 178 valence electrons. The van der Waals surface area contributed by atoms with Crippen LogP contribution in [0.3, 0.4) is 0 Å². The zero-order valence-electron chi connectivity index (χ0n) is 18.7. The highest BCUT2D eigenvalue weighted by Crippen LogP contribution is 2.41. The number of amides is 1. The Morgan fingerprint density at radius 1 is 1.21 bits per heavy atom. The average molecular weight is 504 g/mol. The first kappa shape index (κ1) is 24.2. The molecule has 1 aromatic heterocycles. The number of rotatable bonds is 9. The number of hydrogen-bond donors (Lipinski definition) is 1. The number of hydrogen-bond acceptors (Lipinski definition) is 5. The second kappa shape index (κ2) is 10.6. The van der Waals surface area contributed by atoms with Crippen LogP contribution in [0, 0.1) is 0 Å². The largest absolute Gasteiger partial charge is 0.473 e. The summed E-state index contributed by atoms with van der Waals surface area (Å²) in [7, 11) is 0. The first-order valence-electron chi connectivity index (χ1n) is 11.0. The van der Waals surface area contributed by atoms with Crippen molar-refractivity contribution in [2.45, 2.75) is 44.9 Å². The van der Waals surface area contributed by atoms with Crippen LogP contribution in [0.25, 0.3) is 0 Å². The molecule has 3 aromatic rings. The Hall–Kier alpha value is -2.90. The Labute approximate surface area is 207 Å². The Morgan fingerprint density at radius 2 is 2.00 bits per heavy atom. The molecule has 1 atom stereocenters. The first-order valence-corrected chi connectivity index (χ1v) is 11.7. The Kier molecular flexibility index (Phi) is 7.54. The molecule has 1 aliphatic rings. The standard InChI is InChI=1S/C25H24Cl2FN3O3/c1-14(2)33-25-23(24(32)29-12-21(28)19-9-8-17(26)11-20(19)27)22(13-30-31-25)34-18-5-3-4-16(10-18)15-6-7-15/h3-5,8-11,13-15,21H,6-7,12H2,1-2H3,(H,29,32)/t21-/m0/s1. The van der Waals surface area contributed by atoms with Crippen molar-refractivity contribution in [2.24, 2.45) is 0 Å². The van der Waals surface area contributed by atoms with Gasteiger partial charge in [0.05, 0.1) is 18.8 Å². The number of carbonyl (C=O) groups excluding carboxylic acids is 1. The Morgan fingerprint density at radius 3 is 2.71 bits per heavy atom. The van der Waals surface area contributed by atoms with Crippen molar-refractivity contribution < 1.29 is 18.7 Å². The van der Waals surface area contributed by atoms with Crippen LogP contribution in [0.15, 0.2) is 48.7 Å². The van der Waals surface area contributed by atoms with Crippen LogP contribution < -0.4 is 14.8 Å². The van der Waals surface area contributed by atoms with Gasteiger partial charge in [0, 0.05) is 15.6 Å². The van der Waals surface area contributed by atoms with E-state index in [2.05, 4.69) is 21.6 Å². The third kappa shape index (κ3) is 5.96. The van der Waals surface area contributed by atoms with Gasteiger partial charge in [0.25, 0.3) is 11.8 Å². The van der Waals surface area contributed by atoms with Gasteiger partial charge in [-0.25, -0.2) is 4.39 Å². The summed E-state index contributed by atoms with van der Waals surface area (Å²) < 4.78 is 26.6. The van der Waals surface area contributed by atoms with Crippen molar-refractivity contribution in [3.05, 3.63) is 75.4 Å². The highest BCUT2D eigenvalue weighted by Gasteiger charge is 2.26. The molecule has 1 aliphatic carbocycles. The summed E-state index contributed by atoms with van der Waals surface area (Å²) >= 11 is 12.0. The number of carbonyl (C=O) groups is 1. The number of aromatic nitrogens is 2. The summed E-state index contributed by atoms with van der Waals surface area (Å²) in [5, 5.41) is 11.1. The van der Waals surface area contributed by atoms with Gasteiger partial charge in [-0.15, -0.1) is 5.10 Å². The molecule has 1 saturated carbocycles. The molecular formula is C25H24Cl2FN3O3. The third-order valence-corrected chi connectivity index (χ3v) is 5.80. The molecule has 0 saturated heterocycles. The second-order valence-corrected chi connectivity index (χ2v) is 9.19. The lowest BCUT2D eigenvalue weighted by atomic mass is 10.1. The topological polar surface area (TPSA) is 73.3 Å². The third-order valence-electron chi connectivity index (χ3n) is 5.23. The summed E-state index contributed by atoms with van der Waals surface area (Å²) in [4.78, 5) is 13.2. The summed E-state index contributed by atoms with van der Waals surface area (Å²) in [5.41, 5.74) is 1.45. The molecule has 4 rings (SSSR count). The van der Waals surface area contributed by atoms with Crippen molar-refractivity contribution in [3.63, 3.8) is 0 Å². The molecule has 34 heavy (non-hydrogen) atoms. The van der Waals surface area contributed by atoms with Crippen LogP contribution in [0.1, 0.15) is 60.3 Å². The van der Waals surface area contributed by atoms with Crippen LogP contribution in [0.5, 0.6) is 17.4 Å². The highest BCUT2D eigenvalue weighted by molar-refractivity contribution is 6.35. The monoisotopic (exact) mass is 503 g/mol. The van der Waals surface area contributed by atoms with Gasteiger partial charge >= 0.3 is 0 Å². The van der Waals surface area contributed by atoms with Crippen LogP contribution in [-0.2, 0) is 0 Å². The van der Waals surface area contributed by atoms with E-state index in [1.54, 1.807) is 26.0 Å². The predicted molar refractivity (Wildman–Crippen MR) is 129 cm³/mol. The van der Waals surface area contributed by atoms with Gasteiger partial charge in [0.1, 0.15) is 17.5 Å². The highest BCUT2D eigenvalue weighted by atomic mass is 35.5. The molecular weight excluding hydrogens is 480 g/mol. The number of benzene rings is 2. The van der Waals surface area contributed by atoms with Crippen molar-refractivity contribution in [2.75, 3.05) is 6.54 Å². The van der Waals surface area contributed by atoms with Crippen LogP contribution in [0.4, 0.5) is 4.39 Å². The number of ether oxygens (including phenoxy) is 2. The minimum atomic E-state index is -1.54. The Bertz CT molecular complexity index is 1190. The molecule has 9 heteroatoms. The number of alkyl halides is 1. The number of nitrogens with zero attached hydrogens (tertiary/aromatic N) is 2. The van der Waals surface area contributed by atoms with Crippen molar-refractivity contribution in [3.8, 4) is 17.4 Å². The molecule has 0 radical (unpaired) electrons. The first-order chi connectivity index (χ1) is 16.3. The molecule has 1 fully saturated rings. The summed E-state index contributed by atoms with van der Waals surface area (Å²) in [6.45, 7) is 3.28. The van der Waals surface area contributed by atoms with Crippen LogP contribution in [0.2, 0.25) is 10.0 Å². The maximum atomic E-state index is 14.9. The molecule has 0 bridgehead atoms. The molecule has 0 spiro atoms. The van der Waals surface area contributed by atoms with E-state index in [9.17, 15) is 9.18 Å². The summed E-state index contributed by atoms with van der Waals surface area (Å²) in [5.74, 6) is 0.673. The molecule has 1 amide bonds. The van der Waals surface area contributed by atoms with E-state index in [-0.39, 0.29) is 40.4 Å². The smallest absolute Gasteiger partial charge is 0.260 e. The lowest BCUT2D eigenvalue weighted by Gasteiger charge is -2.17. The summed E-state index contributed by atoms with van der Waals surface area (Å²) in [6.07, 6.45) is 1.84. The molecule has 2 aromatic carbocycles. The van der Waals surface area contributed by atoms with Gasteiger partial charge in [-0.3, -0.25) is 4.79 Å². The van der Waals surface area contributed by atoms with E-state index in [1.807, 2.05) is 12.1 Å². The van der Waals surface area contributed by atoms with Crippen molar-refractivity contribution in [1.29, 1.82) is 0 Å². The van der Waals surface area contributed by atoms with E-state index in [1.165, 1.54) is 23.9 Å². The van der Waals surface area contributed by atoms with Crippen molar-refractivity contribution >= 4 is 29.1 Å². The predicted octanol–water partition coefficient (Wildman–Crippen LogP) is 6.68. The molecule has 6 nitrogen and oxygen atoms in total. The lowest BCUT2D eigenvalue weighted by molar-refractivity contribution is 0.0931. The van der Waals surface area contributed by atoms with E-state index < -0.39 is 12.1 Å². The van der Waals surface area contributed by atoms with E-state index in [0.717, 1.165) is 12.8 Å². The lowest BCUT2D eigenvalue weighted by Crippen LogP contribution is -2.29. The molecule has 0 unspecified atom stereocenters. The van der Waals surface area contributed by atoms with E-state index in [4.69, 9.17) is 32.7 Å². The van der Waals surface area contributed by atoms with Crippen molar-refractivity contribution in [1.82, 2.24) is 15.5 Å². The van der Waals surface area contributed by atoms with Crippen LogP contribution >= 0.6 is 23.2 Å². The van der Waals surface area contributed by atoms with Gasteiger partial charge in [-0.05, 0) is 62.4 Å². The maximum absolute atomic E-state index is 14.9. The second-order valence-electron chi connectivity index (χ2n) is 8.35.